The molecule has 0 amide bonds. The maximum Gasteiger partial charge on any atom is 0.122 e. The van der Waals surface area contributed by atoms with Gasteiger partial charge in [0.05, 0.1) is 12.7 Å². The van der Waals surface area contributed by atoms with Gasteiger partial charge >= 0.3 is 0 Å². The fourth-order valence-corrected chi connectivity index (χ4v) is 2.72. The van der Waals surface area contributed by atoms with Gasteiger partial charge < -0.3 is 14.8 Å². The Morgan fingerprint density at radius 1 is 1.30 bits per heavy atom. The van der Waals surface area contributed by atoms with Crippen LogP contribution < -0.4 is 10.1 Å². The molecule has 0 aromatic heterocycles. The Balaban J connectivity index is 1.80. The standard InChI is InChI=1S/C17H27NO2/c1-13(19-3)4-7-16(18-2)8-5-14-6-9-17-15(12-14)10-11-20-17/h6,9,12-13,16,18H,4-5,7-8,10-11H2,1-3H3. The number of nitrogens with one attached hydrogen (secondary N) is 1. The first-order chi connectivity index (χ1) is 9.72. The summed E-state index contributed by atoms with van der Waals surface area (Å²) in [5.74, 6) is 1.08. The van der Waals surface area contributed by atoms with Gasteiger partial charge in [-0.05, 0) is 56.8 Å². The van der Waals surface area contributed by atoms with Gasteiger partial charge in [-0.3, -0.25) is 0 Å². The Labute approximate surface area is 122 Å². The Bertz CT molecular complexity index is 419. The Kier molecular flexibility index (Phi) is 5.86. The van der Waals surface area contributed by atoms with E-state index in [0.29, 0.717) is 12.1 Å². The van der Waals surface area contributed by atoms with Gasteiger partial charge in [-0.1, -0.05) is 12.1 Å². The van der Waals surface area contributed by atoms with Crippen LogP contribution >= 0.6 is 0 Å². The summed E-state index contributed by atoms with van der Waals surface area (Å²) in [5, 5.41) is 3.42. The second-order valence-corrected chi connectivity index (χ2v) is 5.69. The van der Waals surface area contributed by atoms with E-state index in [1.54, 1.807) is 7.11 Å². The maximum atomic E-state index is 5.55. The van der Waals surface area contributed by atoms with Crippen LogP contribution in [-0.2, 0) is 17.6 Å². The highest BCUT2D eigenvalue weighted by atomic mass is 16.5. The average Bonchev–Trinajstić information content (AvgIpc) is 2.94. The topological polar surface area (TPSA) is 30.5 Å². The molecule has 0 spiro atoms. The number of ether oxygens (including phenoxy) is 2. The Morgan fingerprint density at radius 2 is 2.15 bits per heavy atom. The molecule has 20 heavy (non-hydrogen) atoms. The third-order valence-electron chi connectivity index (χ3n) is 4.27. The van der Waals surface area contributed by atoms with Crippen molar-refractivity contribution < 1.29 is 9.47 Å². The molecule has 0 saturated heterocycles. The van der Waals surface area contributed by atoms with E-state index in [9.17, 15) is 0 Å². The van der Waals surface area contributed by atoms with Gasteiger partial charge in [0.15, 0.2) is 0 Å². The molecule has 1 aromatic rings. The van der Waals surface area contributed by atoms with E-state index in [1.807, 2.05) is 0 Å². The first-order valence-electron chi connectivity index (χ1n) is 7.67. The van der Waals surface area contributed by atoms with Crippen molar-refractivity contribution in [3.8, 4) is 5.75 Å². The predicted molar refractivity (Wildman–Crippen MR) is 82.5 cm³/mol. The largest absolute Gasteiger partial charge is 0.493 e. The second-order valence-electron chi connectivity index (χ2n) is 5.69. The lowest BCUT2D eigenvalue weighted by molar-refractivity contribution is 0.106. The third kappa shape index (κ3) is 4.22. The van der Waals surface area contributed by atoms with Gasteiger partial charge in [0.2, 0.25) is 0 Å². The van der Waals surface area contributed by atoms with Crippen LogP contribution in [0.15, 0.2) is 18.2 Å². The van der Waals surface area contributed by atoms with E-state index in [-0.39, 0.29) is 0 Å². The zero-order chi connectivity index (χ0) is 14.4. The number of methoxy groups -OCH3 is 1. The van der Waals surface area contributed by atoms with Crippen LogP contribution in [0.1, 0.15) is 37.3 Å². The fraction of sp³-hybridized carbons (Fsp3) is 0.647. The van der Waals surface area contributed by atoms with Crippen LogP contribution in [0.5, 0.6) is 5.75 Å². The summed E-state index contributed by atoms with van der Waals surface area (Å²) in [6, 6.07) is 7.21. The van der Waals surface area contributed by atoms with Gasteiger partial charge in [0.25, 0.3) is 0 Å². The molecule has 2 unspecified atom stereocenters. The van der Waals surface area contributed by atoms with Crippen LogP contribution in [0.25, 0.3) is 0 Å². The molecule has 1 heterocycles. The minimum absolute atomic E-state index is 0.350. The van der Waals surface area contributed by atoms with Gasteiger partial charge in [-0.25, -0.2) is 0 Å². The summed E-state index contributed by atoms with van der Waals surface area (Å²) >= 11 is 0. The highest BCUT2D eigenvalue weighted by Gasteiger charge is 2.13. The highest BCUT2D eigenvalue weighted by molar-refractivity contribution is 5.39. The summed E-state index contributed by atoms with van der Waals surface area (Å²) in [4.78, 5) is 0. The van der Waals surface area contributed by atoms with Crippen LogP contribution in [0.2, 0.25) is 0 Å². The number of fused-ring (bicyclic) bond motifs is 1. The van der Waals surface area contributed by atoms with Crippen LogP contribution in [-0.4, -0.2) is 32.9 Å². The van der Waals surface area contributed by atoms with Crippen molar-refractivity contribution in [2.24, 2.45) is 0 Å². The average molecular weight is 277 g/mol. The molecule has 1 aromatic carbocycles. The first kappa shape index (κ1) is 15.3. The minimum Gasteiger partial charge on any atom is -0.493 e. The minimum atomic E-state index is 0.350. The third-order valence-corrected chi connectivity index (χ3v) is 4.27. The van der Waals surface area contributed by atoms with E-state index in [1.165, 1.54) is 24.0 Å². The van der Waals surface area contributed by atoms with Crippen LogP contribution in [0.3, 0.4) is 0 Å². The van der Waals surface area contributed by atoms with Crippen molar-refractivity contribution in [1.82, 2.24) is 5.32 Å². The summed E-state index contributed by atoms with van der Waals surface area (Å²) in [7, 11) is 3.84. The lowest BCUT2D eigenvalue weighted by Gasteiger charge is -2.18. The molecule has 0 radical (unpaired) electrons. The van der Waals surface area contributed by atoms with E-state index in [0.717, 1.165) is 31.6 Å². The monoisotopic (exact) mass is 277 g/mol. The lowest BCUT2D eigenvalue weighted by Crippen LogP contribution is -2.27. The summed E-state index contributed by atoms with van der Waals surface area (Å²) in [5.41, 5.74) is 2.80. The van der Waals surface area contributed by atoms with Crippen molar-refractivity contribution in [3.63, 3.8) is 0 Å². The Morgan fingerprint density at radius 3 is 2.90 bits per heavy atom. The van der Waals surface area contributed by atoms with Gasteiger partial charge in [-0.15, -0.1) is 0 Å². The van der Waals surface area contributed by atoms with Crippen molar-refractivity contribution in [2.75, 3.05) is 20.8 Å². The summed E-state index contributed by atoms with van der Waals surface area (Å²) in [6.07, 6.45) is 5.99. The Hall–Kier alpha value is -1.06. The number of rotatable bonds is 8. The smallest absolute Gasteiger partial charge is 0.122 e. The molecule has 3 nitrogen and oxygen atoms in total. The molecule has 0 bridgehead atoms. The van der Waals surface area contributed by atoms with Crippen molar-refractivity contribution in [2.45, 2.75) is 51.2 Å². The van der Waals surface area contributed by atoms with E-state index in [2.05, 4.69) is 37.5 Å². The van der Waals surface area contributed by atoms with E-state index < -0.39 is 0 Å². The van der Waals surface area contributed by atoms with Crippen molar-refractivity contribution in [1.29, 1.82) is 0 Å². The molecule has 1 aliphatic heterocycles. The van der Waals surface area contributed by atoms with Gasteiger partial charge in [0.1, 0.15) is 5.75 Å². The predicted octanol–water partition coefficient (Wildman–Crippen LogP) is 2.96. The lowest BCUT2D eigenvalue weighted by atomic mass is 9.99. The SMILES string of the molecule is CNC(CCc1ccc2c(c1)CCO2)CCC(C)OC. The number of hydrogen-bond acceptors (Lipinski definition) is 3. The molecule has 1 aliphatic rings. The molecule has 1 N–H and O–H groups in total. The van der Waals surface area contributed by atoms with Gasteiger partial charge in [0, 0.05) is 19.6 Å². The molecule has 0 fully saturated rings. The van der Waals surface area contributed by atoms with Gasteiger partial charge in [-0.2, -0.15) is 0 Å². The highest BCUT2D eigenvalue weighted by Crippen LogP contribution is 2.26. The number of aryl methyl sites for hydroxylation is 1. The summed E-state index contributed by atoms with van der Waals surface area (Å²) < 4.78 is 10.9. The van der Waals surface area contributed by atoms with E-state index in [4.69, 9.17) is 9.47 Å². The maximum absolute atomic E-state index is 5.55. The zero-order valence-corrected chi connectivity index (χ0v) is 12.9. The number of hydrogen-bond donors (Lipinski definition) is 1. The van der Waals surface area contributed by atoms with Crippen molar-refractivity contribution >= 4 is 0 Å². The number of benzene rings is 1. The zero-order valence-electron chi connectivity index (χ0n) is 12.9. The van der Waals surface area contributed by atoms with Crippen LogP contribution in [0.4, 0.5) is 0 Å². The molecular weight excluding hydrogens is 250 g/mol. The molecular formula is C17H27NO2. The fourth-order valence-electron chi connectivity index (χ4n) is 2.72. The molecule has 0 saturated carbocycles. The molecule has 0 aliphatic carbocycles. The quantitative estimate of drug-likeness (QED) is 0.792. The molecule has 112 valence electrons. The van der Waals surface area contributed by atoms with Crippen molar-refractivity contribution in [3.05, 3.63) is 29.3 Å². The molecule has 2 rings (SSSR count). The summed E-state index contributed by atoms with van der Waals surface area (Å²) in [6.45, 7) is 2.97. The first-order valence-corrected chi connectivity index (χ1v) is 7.67. The second kappa shape index (κ2) is 7.65. The molecule has 3 heteroatoms. The van der Waals surface area contributed by atoms with Crippen LogP contribution in [0, 0.1) is 0 Å². The van der Waals surface area contributed by atoms with E-state index >= 15 is 0 Å². The normalized spacial score (nSPS) is 16.6. The molecule has 2 atom stereocenters.